The average molecular weight is 240 g/mol. The smallest absolute Gasteiger partial charge is 0.153 e. The van der Waals surface area contributed by atoms with E-state index in [2.05, 4.69) is 16.8 Å². The third-order valence-electron chi connectivity index (χ3n) is 3.26. The van der Waals surface area contributed by atoms with Gasteiger partial charge in [0.2, 0.25) is 0 Å². The summed E-state index contributed by atoms with van der Waals surface area (Å²) in [5.41, 5.74) is 6.65. The van der Waals surface area contributed by atoms with Crippen molar-refractivity contribution in [2.45, 2.75) is 26.2 Å². The third-order valence-corrected chi connectivity index (χ3v) is 3.47. The van der Waals surface area contributed by atoms with Crippen LogP contribution in [-0.2, 0) is 0 Å². The molecule has 16 heavy (non-hydrogen) atoms. The Balaban J connectivity index is 2.14. The number of rotatable bonds is 4. The standard InChI is InChI=1S/C12H18ClN3/c1-2-16(8-9-4-3-5-9)12-10(14)6-7-11(13)15-12/h6-7,9H,2-5,8,14H2,1H3. The number of nitrogens with zero attached hydrogens (tertiary/aromatic N) is 2. The van der Waals surface area contributed by atoms with Crippen molar-refractivity contribution >= 4 is 23.1 Å². The second kappa shape index (κ2) is 4.91. The molecule has 0 aromatic carbocycles. The van der Waals surface area contributed by atoms with Gasteiger partial charge in [0.25, 0.3) is 0 Å². The third kappa shape index (κ3) is 2.40. The van der Waals surface area contributed by atoms with Crippen molar-refractivity contribution in [2.75, 3.05) is 23.7 Å². The van der Waals surface area contributed by atoms with E-state index in [0.717, 1.165) is 24.8 Å². The first-order valence-electron chi connectivity index (χ1n) is 5.87. The SMILES string of the molecule is CCN(CC1CCC1)c1nc(Cl)ccc1N. The fourth-order valence-electron chi connectivity index (χ4n) is 2.04. The molecule has 2 rings (SSSR count). The van der Waals surface area contributed by atoms with Crippen molar-refractivity contribution in [3.63, 3.8) is 0 Å². The molecule has 0 amide bonds. The van der Waals surface area contributed by atoms with E-state index in [1.807, 2.05) is 6.07 Å². The maximum Gasteiger partial charge on any atom is 0.153 e. The fraction of sp³-hybridized carbons (Fsp3) is 0.583. The van der Waals surface area contributed by atoms with Crippen LogP contribution in [0, 0.1) is 5.92 Å². The summed E-state index contributed by atoms with van der Waals surface area (Å²) in [6.45, 7) is 4.10. The molecule has 1 aliphatic carbocycles. The second-order valence-electron chi connectivity index (χ2n) is 4.38. The van der Waals surface area contributed by atoms with E-state index >= 15 is 0 Å². The van der Waals surface area contributed by atoms with Gasteiger partial charge < -0.3 is 10.6 Å². The van der Waals surface area contributed by atoms with Gasteiger partial charge in [-0.25, -0.2) is 4.98 Å². The van der Waals surface area contributed by atoms with Gasteiger partial charge in [0.1, 0.15) is 5.15 Å². The van der Waals surface area contributed by atoms with Crippen LogP contribution >= 0.6 is 11.6 Å². The van der Waals surface area contributed by atoms with Crippen LogP contribution in [0.4, 0.5) is 11.5 Å². The summed E-state index contributed by atoms with van der Waals surface area (Å²) in [6.07, 6.45) is 4.02. The number of anilines is 2. The molecule has 0 spiro atoms. The Bertz CT molecular complexity index is 363. The summed E-state index contributed by atoms with van der Waals surface area (Å²) >= 11 is 5.91. The number of hydrogen-bond acceptors (Lipinski definition) is 3. The first kappa shape index (κ1) is 11.5. The molecule has 0 bridgehead atoms. The van der Waals surface area contributed by atoms with Gasteiger partial charge >= 0.3 is 0 Å². The van der Waals surface area contributed by atoms with Crippen LogP contribution in [0.5, 0.6) is 0 Å². The molecule has 1 fully saturated rings. The average Bonchev–Trinajstić information content (AvgIpc) is 2.21. The molecule has 1 heterocycles. The zero-order valence-electron chi connectivity index (χ0n) is 9.62. The summed E-state index contributed by atoms with van der Waals surface area (Å²) in [6, 6.07) is 3.56. The summed E-state index contributed by atoms with van der Waals surface area (Å²) in [5.74, 6) is 1.64. The predicted molar refractivity (Wildman–Crippen MR) is 68.9 cm³/mol. The fourth-order valence-corrected chi connectivity index (χ4v) is 2.18. The Morgan fingerprint density at radius 3 is 2.81 bits per heavy atom. The van der Waals surface area contributed by atoms with Crippen LogP contribution < -0.4 is 10.6 Å². The summed E-state index contributed by atoms with van der Waals surface area (Å²) in [7, 11) is 0. The van der Waals surface area contributed by atoms with Crippen molar-refractivity contribution in [3.8, 4) is 0 Å². The number of pyridine rings is 1. The van der Waals surface area contributed by atoms with Crippen molar-refractivity contribution < 1.29 is 0 Å². The summed E-state index contributed by atoms with van der Waals surface area (Å²) < 4.78 is 0. The lowest BCUT2D eigenvalue weighted by Crippen LogP contribution is -2.33. The zero-order valence-corrected chi connectivity index (χ0v) is 10.4. The first-order chi connectivity index (χ1) is 7.70. The van der Waals surface area contributed by atoms with Crippen LogP contribution in [0.25, 0.3) is 0 Å². The number of nitrogen functional groups attached to an aromatic ring is 1. The molecule has 0 saturated heterocycles. The summed E-state index contributed by atoms with van der Waals surface area (Å²) in [5, 5.41) is 0.510. The normalized spacial score (nSPS) is 15.9. The van der Waals surface area contributed by atoms with E-state index in [0.29, 0.717) is 10.8 Å². The van der Waals surface area contributed by atoms with Gasteiger partial charge in [0, 0.05) is 13.1 Å². The quantitative estimate of drug-likeness (QED) is 0.822. The molecule has 1 saturated carbocycles. The lowest BCUT2D eigenvalue weighted by atomic mass is 9.85. The molecule has 0 aliphatic heterocycles. The molecule has 1 aromatic rings. The molecule has 2 N–H and O–H groups in total. The molecular formula is C12H18ClN3. The van der Waals surface area contributed by atoms with E-state index in [1.54, 1.807) is 6.07 Å². The predicted octanol–water partition coefficient (Wildman–Crippen LogP) is 2.94. The molecule has 0 unspecified atom stereocenters. The number of nitrogens with two attached hydrogens (primary N) is 1. The number of aromatic nitrogens is 1. The van der Waals surface area contributed by atoms with Gasteiger partial charge in [0.05, 0.1) is 5.69 Å². The summed E-state index contributed by atoms with van der Waals surface area (Å²) in [4.78, 5) is 6.55. The lowest BCUT2D eigenvalue weighted by Gasteiger charge is -2.33. The zero-order chi connectivity index (χ0) is 11.5. The Kier molecular flexibility index (Phi) is 3.54. The van der Waals surface area contributed by atoms with E-state index in [9.17, 15) is 0 Å². The number of halogens is 1. The van der Waals surface area contributed by atoms with Crippen molar-refractivity contribution in [1.82, 2.24) is 4.98 Å². The van der Waals surface area contributed by atoms with Gasteiger partial charge in [0.15, 0.2) is 5.82 Å². The lowest BCUT2D eigenvalue weighted by molar-refractivity contribution is 0.318. The van der Waals surface area contributed by atoms with Crippen LogP contribution in [0.15, 0.2) is 12.1 Å². The van der Waals surface area contributed by atoms with Crippen LogP contribution in [0.1, 0.15) is 26.2 Å². The van der Waals surface area contributed by atoms with E-state index < -0.39 is 0 Å². The minimum absolute atomic E-state index is 0.510. The highest BCUT2D eigenvalue weighted by molar-refractivity contribution is 6.29. The molecule has 0 radical (unpaired) electrons. The van der Waals surface area contributed by atoms with Gasteiger partial charge in [-0.3, -0.25) is 0 Å². The highest BCUT2D eigenvalue weighted by atomic mass is 35.5. The molecule has 1 aromatic heterocycles. The monoisotopic (exact) mass is 239 g/mol. The van der Waals surface area contributed by atoms with E-state index in [-0.39, 0.29) is 0 Å². The minimum Gasteiger partial charge on any atom is -0.396 e. The van der Waals surface area contributed by atoms with Crippen molar-refractivity contribution in [3.05, 3.63) is 17.3 Å². The van der Waals surface area contributed by atoms with Gasteiger partial charge in [-0.2, -0.15) is 0 Å². The molecule has 3 nitrogen and oxygen atoms in total. The van der Waals surface area contributed by atoms with Crippen LogP contribution in [-0.4, -0.2) is 18.1 Å². The van der Waals surface area contributed by atoms with Gasteiger partial charge in [-0.05, 0) is 37.8 Å². The topological polar surface area (TPSA) is 42.2 Å². The van der Waals surface area contributed by atoms with Crippen molar-refractivity contribution in [1.29, 1.82) is 0 Å². The highest BCUT2D eigenvalue weighted by Gasteiger charge is 2.21. The minimum atomic E-state index is 0.510. The maximum absolute atomic E-state index is 5.94. The van der Waals surface area contributed by atoms with Crippen LogP contribution in [0.2, 0.25) is 5.15 Å². The maximum atomic E-state index is 5.94. The Labute approximate surface area is 102 Å². The Hall–Kier alpha value is -0.960. The highest BCUT2D eigenvalue weighted by Crippen LogP contribution is 2.30. The molecule has 0 atom stereocenters. The molecule has 88 valence electrons. The second-order valence-corrected chi connectivity index (χ2v) is 4.77. The number of hydrogen-bond donors (Lipinski definition) is 1. The Morgan fingerprint density at radius 2 is 2.25 bits per heavy atom. The molecular weight excluding hydrogens is 222 g/mol. The van der Waals surface area contributed by atoms with Crippen LogP contribution in [0.3, 0.4) is 0 Å². The molecule has 4 heteroatoms. The Morgan fingerprint density at radius 1 is 1.50 bits per heavy atom. The molecule has 1 aliphatic rings. The first-order valence-corrected chi connectivity index (χ1v) is 6.25. The van der Waals surface area contributed by atoms with Gasteiger partial charge in [-0.15, -0.1) is 0 Å². The van der Waals surface area contributed by atoms with E-state index in [4.69, 9.17) is 17.3 Å². The van der Waals surface area contributed by atoms with Crippen molar-refractivity contribution in [2.24, 2.45) is 5.92 Å². The van der Waals surface area contributed by atoms with Gasteiger partial charge in [-0.1, -0.05) is 18.0 Å². The largest absolute Gasteiger partial charge is 0.396 e. The van der Waals surface area contributed by atoms with E-state index in [1.165, 1.54) is 19.3 Å².